The number of nitrogens with zero attached hydrogens (tertiary/aromatic N) is 2. The number of ether oxygens (including phenoxy) is 1. The van der Waals surface area contributed by atoms with E-state index in [-0.39, 0.29) is 43.2 Å². The van der Waals surface area contributed by atoms with Crippen molar-refractivity contribution in [2.24, 2.45) is 5.92 Å². The molecule has 52 heavy (non-hydrogen) atoms. The predicted octanol–water partition coefficient (Wildman–Crippen LogP) is 7.54. The third-order valence-corrected chi connectivity index (χ3v) is 13.7. The number of aliphatic hydroxyl groups excluding tert-OH is 1. The molecule has 3 amide bonds. The summed E-state index contributed by atoms with van der Waals surface area (Å²) in [5.74, 6) is -1.26. The molecule has 1 aromatic heterocycles. The summed E-state index contributed by atoms with van der Waals surface area (Å²) in [4.78, 5) is 48.6. The first-order valence-electron chi connectivity index (χ1n) is 18.6. The lowest BCUT2D eigenvalue weighted by Gasteiger charge is -2.31. The van der Waals surface area contributed by atoms with Gasteiger partial charge in [0.05, 0.1) is 37.3 Å². The van der Waals surface area contributed by atoms with Crippen LogP contribution in [0.5, 0.6) is 0 Å². The third-order valence-electron chi connectivity index (χ3n) is 11.3. The average molecular weight is 729 g/mol. The Morgan fingerprint density at radius 3 is 2.65 bits per heavy atom. The molecule has 0 bridgehead atoms. The Balaban J connectivity index is 1.34. The van der Waals surface area contributed by atoms with Crippen LogP contribution in [-0.2, 0) is 31.1 Å². The first-order valence-corrected chi connectivity index (χ1v) is 21.6. The molecular formula is C41H53FN4O5Si. The number of nitrogens with one attached hydrogen (secondary N) is 2. The Morgan fingerprint density at radius 2 is 1.92 bits per heavy atom. The highest BCUT2D eigenvalue weighted by atomic mass is 28.4. The second kappa shape index (κ2) is 15.1. The van der Waals surface area contributed by atoms with Gasteiger partial charge in [-0.3, -0.25) is 14.4 Å². The van der Waals surface area contributed by atoms with E-state index in [4.69, 9.17) is 4.74 Å². The molecule has 6 rings (SSSR count). The molecule has 0 unspecified atom stereocenters. The number of H-pyrrole nitrogens is 1. The van der Waals surface area contributed by atoms with Gasteiger partial charge in [0, 0.05) is 52.9 Å². The van der Waals surface area contributed by atoms with Gasteiger partial charge < -0.3 is 34.1 Å². The number of rotatable bonds is 12. The monoisotopic (exact) mass is 728 g/mol. The minimum absolute atomic E-state index is 0.0688. The van der Waals surface area contributed by atoms with E-state index in [0.717, 1.165) is 47.7 Å². The van der Waals surface area contributed by atoms with Crippen LogP contribution in [0.3, 0.4) is 0 Å². The number of aromatic amines is 1. The third kappa shape index (κ3) is 7.27. The maximum Gasteiger partial charge on any atom is 0.264 e. The van der Waals surface area contributed by atoms with Crippen molar-refractivity contribution in [1.29, 1.82) is 0 Å². The number of halogens is 1. The number of para-hydroxylation sites is 1. The minimum atomic E-state index is -3.51. The zero-order chi connectivity index (χ0) is 37.4. The summed E-state index contributed by atoms with van der Waals surface area (Å²) in [6.07, 6.45) is 8.64. The fourth-order valence-corrected chi connectivity index (χ4v) is 11.2. The Morgan fingerprint density at radius 1 is 1.15 bits per heavy atom. The number of hydrogen-bond acceptors (Lipinski definition) is 5. The van der Waals surface area contributed by atoms with Gasteiger partial charge in [0.15, 0.2) is 5.60 Å². The number of anilines is 2. The lowest BCUT2D eigenvalue weighted by atomic mass is 9.82. The van der Waals surface area contributed by atoms with Crippen LogP contribution in [-0.4, -0.2) is 73.0 Å². The molecule has 3 N–H and O–H groups in total. The van der Waals surface area contributed by atoms with Crippen molar-refractivity contribution >= 4 is 48.4 Å². The Bertz CT molecular complexity index is 1890. The zero-order valence-corrected chi connectivity index (χ0v) is 32.3. The van der Waals surface area contributed by atoms with Crippen molar-refractivity contribution in [1.82, 2.24) is 9.88 Å². The number of carbonyl (C=O) groups excluding carboxylic acids is 3. The van der Waals surface area contributed by atoms with Crippen molar-refractivity contribution in [3.05, 3.63) is 83.1 Å². The largest absolute Gasteiger partial charge is 0.394 e. The SMILES string of the molecule is CC(C)=CCC/C(C)=C/CN1C(=O)[C@]2(O[C@H](CC(=O)N3CCC[C@H]3CO)[C@@H]([Si](C)(C)F)[C@@H]2C)c2cc(NC(=O)Cc3c[nH]c4ccccc34)ccc21. The molecule has 4 heterocycles. The number of carbonyl (C=O) groups is 3. The molecule has 2 aromatic carbocycles. The van der Waals surface area contributed by atoms with Crippen LogP contribution in [0, 0.1) is 5.92 Å². The normalized spacial score (nSPS) is 24.6. The highest BCUT2D eigenvalue weighted by Gasteiger charge is 2.67. The zero-order valence-electron chi connectivity index (χ0n) is 31.3. The number of fused-ring (bicyclic) bond motifs is 3. The second-order valence-corrected chi connectivity index (χ2v) is 19.4. The number of amides is 3. The van der Waals surface area contributed by atoms with E-state index >= 15 is 4.11 Å². The average Bonchev–Trinajstić information content (AvgIpc) is 3.84. The number of allylic oxidation sites excluding steroid dienone is 3. The predicted molar refractivity (Wildman–Crippen MR) is 206 cm³/mol. The van der Waals surface area contributed by atoms with E-state index in [1.165, 1.54) is 5.57 Å². The van der Waals surface area contributed by atoms with Crippen LogP contribution in [0.15, 0.2) is 72.0 Å². The molecule has 2 fully saturated rings. The summed E-state index contributed by atoms with van der Waals surface area (Å²) in [7, 11) is -3.51. The quantitative estimate of drug-likeness (QED) is 0.101. The molecule has 1 spiro atoms. The van der Waals surface area contributed by atoms with Crippen LogP contribution in [0.4, 0.5) is 15.5 Å². The Labute approximate surface area is 307 Å². The van der Waals surface area contributed by atoms with Crippen molar-refractivity contribution < 1.29 is 28.3 Å². The fourth-order valence-electron chi connectivity index (χ4n) is 8.74. The van der Waals surface area contributed by atoms with E-state index in [9.17, 15) is 19.5 Å². The molecule has 11 heteroatoms. The molecule has 0 saturated carbocycles. The fraction of sp³-hybridized carbons (Fsp3) is 0.488. The van der Waals surface area contributed by atoms with E-state index in [1.807, 2.05) is 43.5 Å². The van der Waals surface area contributed by atoms with Gasteiger partial charge in [-0.15, -0.1) is 0 Å². The van der Waals surface area contributed by atoms with Gasteiger partial charge in [-0.05, 0) is 89.4 Å². The van der Waals surface area contributed by atoms with E-state index in [0.29, 0.717) is 30.0 Å². The standard InChI is InChI=1S/C41H53FN4O5Si/c1-26(2)11-9-12-27(3)18-20-46-35-17-16-30(44-37(48)21-29-24-43-34-15-8-7-14-32(29)34)22-33(35)41(40(46)50)28(4)39(52(5,6)42)36(51-41)23-38(49)45-19-10-13-31(45)25-47/h7-8,11,14-18,22,24,28,31,36,39,43,47H,9-10,12-13,19-21,23,25H2,1-6H3,(H,44,48)/b27-18+/t28-,31-,36+,39-,41+/m0/s1. The summed E-state index contributed by atoms with van der Waals surface area (Å²) in [5, 5.41) is 13.9. The lowest BCUT2D eigenvalue weighted by molar-refractivity contribution is -0.149. The summed E-state index contributed by atoms with van der Waals surface area (Å²) < 4.78 is 23.3. The van der Waals surface area contributed by atoms with Crippen LogP contribution in [0.2, 0.25) is 18.6 Å². The van der Waals surface area contributed by atoms with Crippen LogP contribution in [0.25, 0.3) is 10.9 Å². The molecule has 3 aromatic rings. The van der Waals surface area contributed by atoms with Crippen LogP contribution < -0.4 is 10.2 Å². The van der Waals surface area contributed by atoms with Gasteiger partial charge in [-0.25, -0.2) is 0 Å². The summed E-state index contributed by atoms with van der Waals surface area (Å²) in [5.41, 5.74) is 3.80. The smallest absolute Gasteiger partial charge is 0.264 e. The minimum Gasteiger partial charge on any atom is -0.394 e. The summed E-state index contributed by atoms with van der Waals surface area (Å²) >= 11 is 0. The maximum atomic E-state index is 16.5. The number of aromatic nitrogens is 1. The Kier molecular flexibility index (Phi) is 11.0. The van der Waals surface area contributed by atoms with Crippen molar-refractivity contribution in [3.8, 4) is 0 Å². The highest BCUT2D eigenvalue weighted by molar-refractivity contribution is 6.72. The molecule has 3 aliphatic rings. The van der Waals surface area contributed by atoms with Gasteiger partial charge in [0.25, 0.3) is 5.91 Å². The highest BCUT2D eigenvalue weighted by Crippen LogP contribution is 2.60. The van der Waals surface area contributed by atoms with Gasteiger partial charge in [0.2, 0.25) is 20.2 Å². The van der Waals surface area contributed by atoms with E-state index in [2.05, 4.69) is 43.2 Å². The number of likely N-dealkylation sites (tertiary alicyclic amines) is 1. The number of aliphatic hydroxyl groups is 1. The van der Waals surface area contributed by atoms with Crippen molar-refractivity contribution in [3.63, 3.8) is 0 Å². The molecule has 9 nitrogen and oxygen atoms in total. The van der Waals surface area contributed by atoms with Gasteiger partial charge in [-0.1, -0.05) is 48.4 Å². The van der Waals surface area contributed by atoms with Crippen molar-refractivity contribution in [2.75, 3.05) is 29.9 Å². The molecule has 278 valence electrons. The lowest BCUT2D eigenvalue weighted by Crippen LogP contribution is -2.45. The molecule has 0 radical (unpaired) electrons. The van der Waals surface area contributed by atoms with Crippen LogP contribution >= 0.6 is 0 Å². The molecule has 0 aliphatic carbocycles. The van der Waals surface area contributed by atoms with Gasteiger partial charge in [0.1, 0.15) is 0 Å². The second-order valence-electron chi connectivity index (χ2n) is 15.6. The topological polar surface area (TPSA) is 115 Å². The maximum absolute atomic E-state index is 16.5. The number of benzene rings is 2. The summed E-state index contributed by atoms with van der Waals surface area (Å²) in [6, 6.07) is 13.0. The molecule has 2 saturated heterocycles. The molecule has 3 aliphatic heterocycles. The first kappa shape index (κ1) is 37.7. The summed E-state index contributed by atoms with van der Waals surface area (Å²) in [6.45, 7) is 12.1. The molecular weight excluding hydrogens is 676 g/mol. The number of hydrogen-bond donors (Lipinski definition) is 3. The van der Waals surface area contributed by atoms with Crippen LogP contribution in [0.1, 0.15) is 70.9 Å². The van der Waals surface area contributed by atoms with E-state index < -0.39 is 31.6 Å². The van der Waals surface area contributed by atoms with Crippen molar-refractivity contribution in [2.45, 2.75) is 103 Å². The van der Waals surface area contributed by atoms with E-state index in [1.54, 1.807) is 35.0 Å². The first-order chi connectivity index (χ1) is 24.7. The van der Waals surface area contributed by atoms with Gasteiger partial charge >= 0.3 is 0 Å². The molecule has 5 atom stereocenters. The van der Waals surface area contributed by atoms with Gasteiger partial charge in [-0.2, -0.15) is 0 Å². The Hall–Kier alpha value is -4.06.